The number of anilines is 1. The van der Waals surface area contributed by atoms with Crippen LogP contribution in [0.3, 0.4) is 0 Å². The van der Waals surface area contributed by atoms with Crippen LogP contribution in [0.1, 0.15) is 19.2 Å². The van der Waals surface area contributed by atoms with Gasteiger partial charge in [0.1, 0.15) is 0 Å². The van der Waals surface area contributed by atoms with Crippen LogP contribution in [0.2, 0.25) is 5.02 Å². The minimum atomic E-state index is -0.171. The van der Waals surface area contributed by atoms with Gasteiger partial charge in [-0.05, 0) is 30.0 Å². The summed E-state index contributed by atoms with van der Waals surface area (Å²) in [5.41, 5.74) is 0.804. The van der Waals surface area contributed by atoms with Crippen LogP contribution in [0.4, 0.5) is 5.13 Å². The Kier molecular flexibility index (Phi) is 6.00. The third kappa shape index (κ3) is 5.00. The van der Waals surface area contributed by atoms with E-state index in [1.54, 1.807) is 23.9 Å². The van der Waals surface area contributed by atoms with Crippen molar-refractivity contribution in [3.05, 3.63) is 35.2 Å². The van der Waals surface area contributed by atoms with Gasteiger partial charge in [0.15, 0.2) is 4.34 Å². The minimum Gasteiger partial charge on any atom is -0.339 e. The zero-order chi connectivity index (χ0) is 17.6. The van der Waals surface area contributed by atoms with Gasteiger partial charge in [-0.25, -0.2) is 0 Å². The summed E-state index contributed by atoms with van der Waals surface area (Å²) in [4.78, 5) is 16.3. The molecule has 0 aliphatic heterocycles. The quantitative estimate of drug-likeness (QED) is 0.478. The molecule has 0 fully saturated rings. The first-order valence-electron chi connectivity index (χ1n) is 7.48. The molecule has 130 valence electrons. The van der Waals surface area contributed by atoms with E-state index in [-0.39, 0.29) is 12.3 Å². The topological polar surface area (TPSA) is 93.8 Å². The number of carbonyl (C=O) groups excluding carboxylic acids is 1. The van der Waals surface area contributed by atoms with Crippen molar-refractivity contribution in [1.82, 2.24) is 20.3 Å². The molecule has 0 saturated heterocycles. The third-order valence-corrected chi connectivity index (χ3v) is 5.16. The lowest BCUT2D eigenvalue weighted by Crippen LogP contribution is -2.12. The average molecular weight is 396 g/mol. The van der Waals surface area contributed by atoms with Crippen molar-refractivity contribution in [2.45, 2.75) is 24.1 Å². The highest BCUT2D eigenvalue weighted by Gasteiger charge is 2.12. The SMILES string of the molecule is CCSc1nnc(NC(=O)CCc2nc(-c3ccc(Cl)cc3)no2)s1. The third-order valence-electron chi connectivity index (χ3n) is 3.06. The summed E-state index contributed by atoms with van der Waals surface area (Å²) >= 11 is 8.80. The predicted molar refractivity (Wildman–Crippen MR) is 98.0 cm³/mol. The molecular formula is C15H14ClN5O2S2. The molecule has 0 unspecified atom stereocenters. The predicted octanol–water partition coefficient (Wildman–Crippen LogP) is 3.92. The molecule has 0 radical (unpaired) electrons. The fraction of sp³-hybridized carbons (Fsp3) is 0.267. The monoisotopic (exact) mass is 395 g/mol. The van der Waals surface area contributed by atoms with E-state index in [0.717, 1.165) is 15.7 Å². The summed E-state index contributed by atoms with van der Waals surface area (Å²) in [5, 5.41) is 15.7. The summed E-state index contributed by atoms with van der Waals surface area (Å²) in [6.07, 6.45) is 0.569. The smallest absolute Gasteiger partial charge is 0.227 e. The molecule has 1 amide bonds. The molecule has 0 atom stereocenters. The maximum Gasteiger partial charge on any atom is 0.227 e. The number of amides is 1. The van der Waals surface area contributed by atoms with Gasteiger partial charge in [0.05, 0.1) is 0 Å². The highest BCUT2D eigenvalue weighted by Crippen LogP contribution is 2.25. The molecule has 0 saturated carbocycles. The number of carbonyl (C=O) groups is 1. The molecule has 0 aliphatic carbocycles. The second kappa shape index (κ2) is 8.41. The number of nitrogens with one attached hydrogen (secondary N) is 1. The maximum atomic E-state index is 12.0. The zero-order valence-corrected chi connectivity index (χ0v) is 15.6. The molecule has 1 aromatic carbocycles. The van der Waals surface area contributed by atoms with Crippen LogP contribution in [-0.2, 0) is 11.2 Å². The fourth-order valence-corrected chi connectivity index (χ4v) is 3.71. The molecule has 3 aromatic rings. The Morgan fingerprint density at radius 1 is 1.32 bits per heavy atom. The lowest BCUT2D eigenvalue weighted by molar-refractivity contribution is -0.116. The summed E-state index contributed by atoms with van der Waals surface area (Å²) in [5.74, 6) is 1.61. The highest BCUT2D eigenvalue weighted by molar-refractivity contribution is 8.01. The summed E-state index contributed by atoms with van der Waals surface area (Å²) in [6.45, 7) is 2.03. The Bertz CT molecular complexity index is 850. The van der Waals surface area contributed by atoms with E-state index in [4.69, 9.17) is 16.1 Å². The molecule has 1 N–H and O–H groups in total. The van der Waals surface area contributed by atoms with E-state index in [0.29, 0.717) is 28.3 Å². The van der Waals surface area contributed by atoms with E-state index >= 15 is 0 Å². The lowest BCUT2D eigenvalue weighted by Gasteiger charge is -1.98. The van der Waals surface area contributed by atoms with Crippen molar-refractivity contribution in [2.24, 2.45) is 0 Å². The van der Waals surface area contributed by atoms with Crippen LogP contribution < -0.4 is 5.32 Å². The Morgan fingerprint density at radius 2 is 2.12 bits per heavy atom. The average Bonchev–Trinajstić information content (AvgIpc) is 3.24. The van der Waals surface area contributed by atoms with E-state index < -0.39 is 0 Å². The zero-order valence-electron chi connectivity index (χ0n) is 13.2. The Hall–Kier alpha value is -1.97. The van der Waals surface area contributed by atoms with Gasteiger partial charge in [0.2, 0.25) is 22.8 Å². The van der Waals surface area contributed by atoms with Gasteiger partial charge in [-0.3, -0.25) is 4.79 Å². The number of thioether (sulfide) groups is 1. The van der Waals surface area contributed by atoms with Crippen LogP contribution >= 0.6 is 34.7 Å². The Balaban J connectivity index is 1.52. The van der Waals surface area contributed by atoms with Gasteiger partial charge >= 0.3 is 0 Å². The Labute approximate surface area is 157 Å². The molecular weight excluding hydrogens is 382 g/mol. The summed E-state index contributed by atoms with van der Waals surface area (Å²) < 4.78 is 6.02. The van der Waals surface area contributed by atoms with Gasteiger partial charge in [-0.15, -0.1) is 10.2 Å². The first kappa shape index (κ1) is 17.8. The van der Waals surface area contributed by atoms with Crippen molar-refractivity contribution in [3.8, 4) is 11.4 Å². The minimum absolute atomic E-state index is 0.171. The number of hydrogen-bond acceptors (Lipinski definition) is 8. The number of halogens is 1. The number of benzene rings is 1. The fourth-order valence-electron chi connectivity index (χ4n) is 1.92. The van der Waals surface area contributed by atoms with Gasteiger partial charge < -0.3 is 9.84 Å². The first-order valence-corrected chi connectivity index (χ1v) is 9.66. The molecule has 3 rings (SSSR count). The Morgan fingerprint density at radius 3 is 2.88 bits per heavy atom. The van der Waals surface area contributed by atoms with Gasteiger partial charge in [-0.2, -0.15) is 4.98 Å². The molecule has 2 aromatic heterocycles. The largest absolute Gasteiger partial charge is 0.339 e. The van der Waals surface area contributed by atoms with Crippen LogP contribution in [0.25, 0.3) is 11.4 Å². The second-order valence-corrected chi connectivity index (χ2v) is 7.80. The van der Waals surface area contributed by atoms with Crippen molar-refractivity contribution < 1.29 is 9.32 Å². The van der Waals surface area contributed by atoms with Crippen molar-refractivity contribution in [1.29, 1.82) is 0 Å². The maximum absolute atomic E-state index is 12.0. The highest BCUT2D eigenvalue weighted by atomic mass is 35.5. The summed E-state index contributed by atoms with van der Waals surface area (Å²) in [6, 6.07) is 7.14. The molecule has 25 heavy (non-hydrogen) atoms. The number of aryl methyl sites for hydroxylation is 1. The number of rotatable bonds is 7. The van der Waals surface area contributed by atoms with Crippen molar-refractivity contribution >= 4 is 45.7 Å². The summed E-state index contributed by atoms with van der Waals surface area (Å²) in [7, 11) is 0. The van der Waals surface area contributed by atoms with Gasteiger partial charge in [-0.1, -0.05) is 46.8 Å². The van der Waals surface area contributed by atoms with Gasteiger partial charge in [0, 0.05) is 23.4 Å². The van der Waals surface area contributed by atoms with Crippen molar-refractivity contribution in [2.75, 3.05) is 11.1 Å². The van der Waals surface area contributed by atoms with Crippen molar-refractivity contribution in [3.63, 3.8) is 0 Å². The second-order valence-electron chi connectivity index (χ2n) is 4.87. The van der Waals surface area contributed by atoms with Crippen LogP contribution in [0.15, 0.2) is 33.1 Å². The van der Waals surface area contributed by atoms with Crippen LogP contribution in [0.5, 0.6) is 0 Å². The number of hydrogen-bond donors (Lipinski definition) is 1. The number of aromatic nitrogens is 4. The number of nitrogens with zero attached hydrogens (tertiary/aromatic N) is 4. The first-order chi connectivity index (χ1) is 12.1. The molecule has 7 nitrogen and oxygen atoms in total. The van der Waals surface area contributed by atoms with E-state index in [1.807, 2.05) is 19.1 Å². The van der Waals surface area contributed by atoms with E-state index in [9.17, 15) is 4.79 Å². The van der Waals surface area contributed by atoms with E-state index in [1.165, 1.54) is 11.3 Å². The standard InChI is InChI=1S/C15H14ClN5O2S2/c1-2-24-15-20-19-14(25-15)17-11(22)7-8-12-18-13(21-23-12)9-3-5-10(16)6-4-9/h3-6H,2,7-8H2,1H3,(H,17,19,22). The molecule has 0 aliphatic rings. The molecule has 0 spiro atoms. The molecule has 0 bridgehead atoms. The van der Waals surface area contributed by atoms with Crippen LogP contribution in [-0.4, -0.2) is 32.0 Å². The lowest BCUT2D eigenvalue weighted by atomic mass is 10.2. The van der Waals surface area contributed by atoms with E-state index in [2.05, 4.69) is 25.7 Å². The molecule has 10 heteroatoms. The van der Waals surface area contributed by atoms with Gasteiger partial charge in [0.25, 0.3) is 0 Å². The normalized spacial score (nSPS) is 10.8. The van der Waals surface area contributed by atoms with Crippen LogP contribution in [0, 0.1) is 0 Å². The molecule has 2 heterocycles.